The van der Waals surface area contributed by atoms with Crippen LogP contribution >= 0.6 is 0 Å². The van der Waals surface area contributed by atoms with Gasteiger partial charge in [-0.05, 0) is 24.3 Å². The zero-order chi connectivity index (χ0) is 17.1. The van der Waals surface area contributed by atoms with E-state index in [0.717, 1.165) is 0 Å². The highest BCUT2D eigenvalue weighted by atomic mass is 16.6. The minimum Gasteiger partial charge on any atom is -0.486 e. The van der Waals surface area contributed by atoms with Gasteiger partial charge in [0.2, 0.25) is 5.88 Å². The maximum absolute atomic E-state index is 5.77. The van der Waals surface area contributed by atoms with Crippen LogP contribution in [0.3, 0.4) is 0 Å². The molecule has 25 heavy (non-hydrogen) atoms. The second kappa shape index (κ2) is 6.52. The number of rotatable bonds is 4. The standard InChI is InChI=1S/C17H15N5O3/c18-14-2-1-3-15(21-14)22-16-9-17(20-10-19-16)25-11-4-5-12-13(8-11)24-7-6-23-12/h1-5,8-10H,6-7H2,(H3,18,19,20,21,22). The van der Waals surface area contributed by atoms with E-state index < -0.39 is 0 Å². The number of hydrogen-bond donors (Lipinski definition) is 2. The van der Waals surface area contributed by atoms with E-state index >= 15 is 0 Å². The van der Waals surface area contributed by atoms with Crippen LogP contribution in [-0.4, -0.2) is 28.2 Å². The number of ether oxygens (including phenoxy) is 3. The minimum absolute atomic E-state index is 0.387. The van der Waals surface area contributed by atoms with Crippen molar-refractivity contribution in [1.82, 2.24) is 15.0 Å². The fourth-order valence-corrected chi connectivity index (χ4v) is 2.32. The van der Waals surface area contributed by atoms with Crippen LogP contribution in [0.25, 0.3) is 0 Å². The van der Waals surface area contributed by atoms with E-state index in [1.54, 1.807) is 42.5 Å². The summed E-state index contributed by atoms with van der Waals surface area (Å²) in [4.78, 5) is 12.4. The van der Waals surface area contributed by atoms with Crippen molar-refractivity contribution >= 4 is 17.5 Å². The van der Waals surface area contributed by atoms with Crippen LogP contribution in [-0.2, 0) is 0 Å². The predicted octanol–water partition coefficient (Wildman–Crippen LogP) is 2.76. The molecule has 0 atom stereocenters. The second-order valence-corrected chi connectivity index (χ2v) is 5.22. The first-order valence-corrected chi connectivity index (χ1v) is 7.65. The number of nitrogen functional groups attached to an aromatic ring is 1. The molecule has 1 aromatic carbocycles. The Kier molecular flexibility index (Phi) is 3.91. The predicted molar refractivity (Wildman–Crippen MR) is 91.5 cm³/mol. The molecule has 0 bridgehead atoms. The Balaban J connectivity index is 1.51. The molecule has 0 aliphatic carbocycles. The first-order chi connectivity index (χ1) is 12.3. The summed E-state index contributed by atoms with van der Waals surface area (Å²) >= 11 is 0. The molecule has 0 unspecified atom stereocenters. The fraction of sp³-hybridized carbons (Fsp3) is 0.118. The summed E-state index contributed by atoms with van der Waals surface area (Å²) in [5.74, 6) is 3.89. The SMILES string of the molecule is Nc1cccc(Nc2cc(Oc3ccc4c(c3)OCCO4)ncn2)n1. The first kappa shape index (κ1) is 15.0. The lowest BCUT2D eigenvalue weighted by Gasteiger charge is -2.18. The van der Waals surface area contributed by atoms with Crippen molar-refractivity contribution in [2.24, 2.45) is 0 Å². The first-order valence-electron chi connectivity index (χ1n) is 7.65. The number of nitrogens with two attached hydrogens (primary N) is 1. The van der Waals surface area contributed by atoms with Crippen molar-refractivity contribution in [3.63, 3.8) is 0 Å². The Morgan fingerprint density at radius 2 is 1.84 bits per heavy atom. The molecule has 2 aromatic heterocycles. The van der Waals surface area contributed by atoms with Gasteiger partial charge in [-0.1, -0.05) is 6.07 Å². The number of nitrogens with one attached hydrogen (secondary N) is 1. The van der Waals surface area contributed by atoms with Crippen LogP contribution in [0.5, 0.6) is 23.1 Å². The average molecular weight is 337 g/mol. The summed E-state index contributed by atoms with van der Waals surface area (Å²) in [7, 11) is 0. The lowest BCUT2D eigenvalue weighted by atomic mass is 10.3. The maximum Gasteiger partial charge on any atom is 0.224 e. The van der Waals surface area contributed by atoms with E-state index in [1.165, 1.54) is 6.33 Å². The summed E-state index contributed by atoms with van der Waals surface area (Å²) in [6, 6.07) is 12.3. The summed E-state index contributed by atoms with van der Waals surface area (Å²) in [5.41, 5.74) is 5.67. The summed E-state index contributed by atoms with van der Waals surface area (Å²) < 4.78 is 16.8. The molecule has 126 valence electrons. The van der Waals surface area contributed by atoms with Crippen molar-refractivity contribution in [3.8, 4) is 23.1 Å². The smallest absolute Gasteiger partial charge is 0.224 e. The number of hydrogen-bond acceptors (Lipinski definition) is 8. The summed E-state index contributed by atoms with van der Waals surface area (Å²) in [5, 5.41) is 3.05. The Hall–Kier alpha value is -3.55. The van der Waals surface area contributed by atoms with Gasteiger partial charge in [0.05, 0.1) is 0 Å². The zero-order valence-corrected chi connectivity index (χ0v) is 13.2. The number of aromatic nitrogens is 3. The van der Waals surface area contributed by atoms with Gasteiger partial charge in [-0.2, -0.15) is 0 Å². The fourth-order valence-electron chi connectivity index (χ4n) is 2.32. The molecule has 0 saturated carbocycles. The minimum atomic E-state index is 0.387. The largest absolute Gasteiger partial charge is 0.486 e. The number of benzene rings is 1. The van der Waals surface area contributed by atoms with Crippen LogP contribution in [0.15, 0.2) is 48.8 Å². The van der Waals surface area contributed by atoms with Crippen molar-refractivity contribution in [2.45, 2.75) is 0 Å². The second-order valence-electron chi connectivity index (χ2n) is 5.22. The molecular formula is C17H15N5O3. The van der Waals surface area contributed by atoms with E-state index in [1.807, 2.05) is 0 Å². The third-order valence-corrected chi connectivity index (χ3v) is 3.40. The number of pyridine rings is 1. The van der Waals surface area contributed by atoms with Gasteiger partial charge in [-0.3, -0.25) is 0 Å². The Bertz CT molecular complexity index is 903. The average Bonchev–Trinajstić information content (AvgIpc) is 2.62. The topological polar surface area (TPSA) is 104 Å². The molecule has 0 radical (unpaired) electrons. The van der Waals surface area contributed by atoms with Crippen molar-refractivity contribution < 1.29 is 14.2 Å². The van der Waals surface area contributed by atoms with Crippen LogP contribution in [0, 0.1) is 0 Å². The van der Waals surface area contributed by atoms with Gasteiger partial charge < -0.3 is 25.3 Å². The third-order valence-electron chi connectivity index (χ3n) is 3.40. The molecule has 0 saturated heterocycles. The highest BCUT2D eigenvalue weighted by Crippen LogP contribution is 2.35. The lowest BCUT2D eigenvalue weighted by Crippen LogP contribution is -2.15. The van der Waals surface area contributed by atoms with Gasteiger partial charge in [-0.15, -0.1) is 0 Å². The molecule has 8 heteroatoms. The number of nitrogens with zero attached hydrogens (tertiary/aromatic N) is 3. The van der Waals surface area contributed by atoms with Gasteiger partial charge in [0.15, 0.2) is 11.5 Å². The van der Waals surface area contributed by atoms with Crippen molar-refractivity contribution in [1.29, 1.82) is 0 Å². The van der Waals surface area contributed by atoms with E-state index in [0.29, 0.717) is 53.8 Å². The molecule has 0 amide bonds. The molecule has 3 heterocycles. The molecule has 1 aliphatic rings. The van der Waals surface area contributed by atoms with E-state index in [4.69, 9.17) is 19.9 Å². The highest BCUT2D eigenvalue weighted by Gasteiger charge is 2.13. The molecule has 1 aliphatic heterocycles. The third kappa shape index (κ3) is 3.52. The van der Waals surface area contributed by atoms with Crippen molar-refractivity contribution in [2.75, 3.05) is 24.3 Å². The zero-order valence-electron chi connectivity index (χ0n) is 13.2. The quantitative estimate of drug-likeness (QED) is 0.749. The molecular weight excluding hydrogens is 322 g/mol. The monoisotopic (exact) mass is 337 g/mol. The van der Waals surface area contributed by atoms with Gasteiger partial charge in [-0.25, -0.2) is 15.0 Å². The molecule has 4 rings (SSSR count). The Morgan fingerprint density at radius 1 is 0.960 bits per heavy atom. The summed E-state index contributed by atoms with van der Waals surface area (Å²) in [6.45, 7) is 1.07. The van der Waals surface area contributed by atoms with Gasteiger partial charge in [0, 0.05) is 12.1 Å². The van der Waals surface area contributed by atoms with E-state index in [-0.39, 0.29) is 0 Å². The molecule has 0 fully saturated rings. The lowest BCUT2D eigenvalue weighted by molar-refractivity contribution is 0.171. The van der Waals surface area contributed by atoms with Crippen LogP contribution in [0.2, 0.25) is 0 Å². The maximum atomic E-state index is 5.77. The highest BCUT2D eigenvalue weighted by molar-refractivity contribution is 5.55. The van der Waals surface area contributed by atoms with Crippen molar-refractivity contribution in [3.05, 3.63) is 48.8 Å². The number of anilines is 3. The van der Waals surface area contributed by atoms with E-state index in [2.05, 4.69) is 20.3 Å². The molecule has 0 spiro atoms. The van der Waals surface area contributed by atoms with Crippen LogP contribution < -0.4 is 25.3 Å². The summed E-state index contributed by atoms with van der Waals surface area (Å²) in [6.07, 6.45) is 1.40. The van der Waals surface area contributed by atoms with Gasteiger partial charge in [0.25, 0.3) is 0 Å². The Morgan fingerprint density at radius 3 is 2.72 bits per heavy atom. The molecule has 3 N–H and O–H groups in total. The normalized spacial score (nSPS) is 12.5. The Labute approximate surface area is 143 Å². The number of fused-ring (bicyclic) bond motifs is 1. The van der Waals surface area contributed by atoms with Crippen LogP contribution in [0.1, 0.15) is 0 Å². The molecule has 8 nitrogen and oxygen atoms in total. The molecule has 3 aromatic rings. The van der Waals surface area contributed by atoms with Gasteiger partial charge in [0.1, 0.15) is 42.7 Å². The van der Waals surface area contributed by atoms with Gasteiger partial charge >= 0.3 is 0 Å². The van der Waals surface area contributed by atoms with E-state index in [9.17, 15) is 0 Å². The van der Waals surface area contributed by atoms with Crippen LogP contribution in [0.4, 0.5) is 17.5 Å².